The molecule has 0 bridgehead atoms. The van der Waals surface area contributed by atoms with Gasteiger partial charge in [-0.15, -0.1) is 8.58 Å². The van der Waals surface area contributed by atoms with Crippen molar-refractivity contribution in [3.8, 4) is 0 Å². The van der Waals surface area contributed by atoms with Crippen molar-refractivity contribution in [1.29, 1.82) is 0 Å². The molecule has 0 aromatic heterocycles. The van der Waals surface area contributed by atoms with Gasteiger partial charge in [-0.2, -0.15) is 0 Å². The van der Waals surface area contributed by atoms with E-state index in [0.29, 0.717) is 12.3 Å². The molecule has 0 saturated carbocycles. The van der Waals surface area contributed by atoms with Crippen molar-refractivity contribution in [3.05, 3.63) is 0 Å². The molecule has 184 valence electrons. The summed E-state index contributed by atoms with van der Waals surface area (Å²) in [7, 11) is -1.54. The van der Waals surface area contributed by atoms with Crippen molar-refractivity contribution in [2.75, 3.05) is 24.6 Å². The first-order chi connectivity index (χ1) is 14.5. The van der Waals surface area contributed by atoms with E-state index < -0.39 is 7.37 Å². The lowest BCUT2D eigenvalue weighted by atomic mass is 10.2. The van der Waals surface area contributed by atoms with Crippen LogP contribution >= 0.6 is 15.9 Å². The van der Waals surface area contributed by atoms with Gasteiger partial charge >= 0.3 is 0 Å². The van der Waals surface area contributed by atoms with Crippen molar-refractivity contribution in [1.82, 2.24) is 0 Å². The number of hydrogen-bond acceptors (Lipinski definition) is 1. The summed E-state index contributed by atoms with van der Waals surface area (Å²) in [5.74, 6) is 0. The van der Waals surface area contributed by atoms with Gasteiger partial charge in [-0.3, -0.25) is 4.57 Å². The highest BCUT2D eigenvalue weighted by molar-refractivity contribution is 7.57. The average molecular weight is 465 g/mol. The molecule has 0 aliphatic carbocycles. The van der Waals surface area contributed by atoms with Crippen LogP contribution < -0.4 is 0 Å². The van der Waals surface area contributed by atoms with E-state index in [-0.39, 0.29) is 0 Å². The third-order valence-electron chi connectivity index (χ3n) is 5.64. The van der Waals surface area contributed by atoms with E-state index in [0.717, 1.165) is 25.7 Å². The van der Waals surface area contributed by atoms with Crippen LogP contribution in [-0.2, 0) is 4.57 Å². The van der Waals surface area contributed by atoms with E-state index in [4.69, 9.17) is 0 Å². The minimum atomic E-state index is -2.79. The molecule has 0 aromatic rings. The third-order valence-corrected chi connectivity index (χ3v) is 9.08. The molecule has 0 heterocycles. The van der Waals surface area contributed by atoms with Crippen LogP contribution in [0.25, 0.3) is 0 Å². The lowest BCUT2D eigenvalue weighted by Crippen LogP contribution is -1.95. The topological polar surface area (TPSA) is 37.3 Å². The van der Waals surface area contributed by atoms with Crippen LogP contribution in [0, 0.1) is 0 Å². The molecule has 30 heavy (non-hydrogen) atoms. The summed E-state index contributed by atoms with van der Waals surface area (Å²) in [5, 5.41) is 0. The van der Waals surface area contributed by atoms with Gasteiger partial charge in [0.1, 0.15) is 0 Å². The maximum Gasteiger partial charge on any atom is 0.200 e. The van der Waals surface area contributed by atoms with Crippen molar-refractivity contribution < 1.29 is 9.46 Å². The molecule has 0 aliphatic heterocycles. The summed E-state index contributed by atoms with van der Waals surface area (Å²) in [6, 6.07) is 0. The van der Waals surface area contributed by atoms with E-state index in [1.54, 1.807) is 0 Å². The van der Waals surface area contributed by atoms with Crippen LogP contribution in [0.5, 0.6) is 0 Å². The van der Waals surface area contributed by atoms with Gasteiger partial charge < -0.3 is 4.89 Å². The van der Waals surface area contributed by atoms with Gasteiger partial charge in [0.2, 0.25) is 7.37 Å². The second-order valence-corrected chi connectivity index (χ2v) is 13.1. The Balaban J connectivity index is 0. The predicted molar refractivity (Wildman–Crippen MR) is 143 cm³/mol. The molecule has 2 nitrogen and oxygen atoms in total. The fourth-order valence-corrected chi connectivity index (χ4v) is 6.42. The zero-order valence-corrected chi connectivity index (χ0v) is 23.3. The summed E-state index contributed by atoms with van der Waals surface area (Å²) in [4.78, 5) is 9.78. The third kappa shape index (κ3) is 30.8. The van der Waals surface area contributed by atoms with Crippen molar-refractivity contribution >= 4 is 15.9 Å². The molecule has 0 unspecified atom stereocenters. The highest BCUT2D eigenvalue weighted by atomic mass is 31.2. The Hall–Kier alpha value is 0.620. The van der Waals surface area contributed by atoms with Crippen LogP contribution in [0.3, 0.4) is 0 Å². The van der Waals surface area contributed by atoms with Gasteiger partial charge in [0.05, 0.1) is 0 Å². The molecule has 0 fully saturated rings. The van der Waals surface area contributed by atoms with E-state index in [9.17, 15) is 9.46 Å². The van der Waals surface area contributed by atoms with E-state index in [1.807, 2.05) is 0 Å². The molecule has 0 atom stereocenters. The zero-order chi connectivity index (χ0) is 22.8. The van der Waals surface area contributed by atoms with Gasteiger partial charge in [0.15, 0.2) is 0 Å². The van der Waals surface area contributed by atoms with E-state index in [2.05, 4.69) is 27.7 Å². The van der Waals surface area contributed by atoms with Crippen molar-refractivity contribution in [2.45, 2.75) is 143 Å². The minimum Gasteiger partial charge on any atom is -0.344 e. The predicted octanol–water partition coefficient (Wildman–Crippen LogP) is 10.0. The fourth-order valence-electron chi connectivity index (χ4n) is 3.52. The van der Waals surface area contributed by atoms with Crippen molar-refractivity contribution in [2.24, 2.45) is 0 Å². The summed E-state index contributed by atoms with van der Waals surface area (Å²) >= 11 is 0. The highest BCUT2D eigenvalue weighted by Gasteiger charge is 2.16. The van der Waals surface area contributed by atoms with Crippen LogP contribution in [-0.4, -0.2) is 29.5 Å². The Morgan fingerprint density at radius 2 is 0.800 bits per heavy atom. The Labute approximate surface area is 193 Å². The summed E-state index contributed by atoms with van der Waals surface area (Å²) in [6.07, 6.45) is 27.2. The smallest absolute Gasteiger partial charge is 0.200 e. The molecular formula is C26H58O2P2. The molecule has 0 aromatic carbocycles. The normalized spacial score (nSPS) is 11.4. The van der Waals surface area contributed by atoms with Gasteiger partial charge in [0.25, 0.3) is 0 Å². The van der Waals surface area contributed by atoms with Gasteiger partial charge in [0, 0.05) is 12.3 Å². The standard InChI is InChI=1S/C14H31O2P.C12H27P/c1-3-5-7-9-11-13-17(15,16)14-12-10-8-6-4-2;1-3-5-7-9-11-13-12-10-8-6-4-2/h3-14H2,1-2H3,(H,15,16);13H,3-12H2,1-2H3. The van der Waals surface area contributed by atoms with Crippen molar-refractivity contribution in [3.63, 3.8) is 0 Å². The molecule has 4 heteroatoms. The van der Waals surface area contributed by atoms with Gasteiger partial charge in [-0.25, -0.2) is 0 Å². The first-order valence-corrected chi connectivity index (χ1v) is 17.0. The molecule has 0 rings (SSSR count). The Morgan fingerprint density at radius 3 is 1.13 bits per heavy atom. The van der Waals surface area contributed by atoms with Gasteiger partial charge in [-0.05, 0) is 38.0 Å². The number of unbranched alkanes of at least 4 members (excludes halogenated alkanes) is 14. The molecule has 0 amide bonds. The summed E-state index contributed by atoms with van der Waals surface area (Å²) < 4.78 is 11.8. The van der Waals surface area contributed by atoms with Gasteiger partial charge in [-0.1, -0.05) is 118 Å². The molecule has 0 spiro atoms. The van der Waals surface area contributed by atoms with E-state index in [1.165, 1.54) is 111 Å². The van der Waals surface area contributed by atoms with Crippen LogP contribution in [0.15, 0.2) is 0 Å². The summed E-state index contributed by atoms with van der Waals surface area (Å²) in [6.45, 7) is 8.94. The minimum absolute atomic E-state index is 0.546. The first-order valence-electron chi connectivity index (χ1n) is 13.6. The fraction of sp³-hybridized carbons (Fsp3) is 1.00. The molecule has 0 aliphatic rings. The Kier molecular flexibility index (Phi) is 30.2. The first kappa shape index (κ1) is 32.8. The molecular weight excluding hydrogens is 406 g/mol. The largest absolute Gasteiger partial charge is 0.344 e. The Bertz CT molecular complexity index is 320. The van der Waals surface area contributed by atoms with Crippen LogP contribution in [0.2, 0.25) is 0 Å². The maximum atomic E-state index is 11.8. The number of rotatable bonds is 22. The summed E-state index contributed by atoms with van der Waals surface area (Å²) in [5.41, 5.74) is 0. The maximum absolute atomic E-state index is 11.8. The molecule has 0 radical (unpaired) electrons. The van der Waals surface area contributed by atoms with Crippen LogP contribution in [0.1, 0.15) is 143 Å². The molecule has 1 N–H and O–H groups in total. The molecule has 0 saturated heterocycles. The lowest BCUT2D eigenvalue weighted by molar-refractivity contribution is 0.470. The lowest BCUT2D eigenvalue weighted by Gasteiger charge is -2.11. The average Bonchev–Trinajstić information content (AvgIpc) is 2.73. The number of hydrogen-bond donors (Lipinski definition) is 1. The van der Waals surface area contributed by atoms with Crippen LogP contribution in [0.4, 0.5) is 0 Å². The second kappa shape index (κ2) is 27.7. The zero-order valence-electron chi connectivity index (χ0n) is 21.4. The highest BCUT2D eigenvalue weighted by Crippen LogP contribution is 2.42. The second-order valence-electron chi connectivity index (χ2n) is 8.99. The monoisotopic (exact) mass is 464 g/mol. The van der Waals surface area contributed by atoms with E-state index >= 15 is 0 Å². The SMILES string of the molecule is CCCCCCCP(=O)(O)CCCCCCC.CCCCCCPCCCCCC. The quantitative estimate of drug-likeness (QED) is 0.128. The Morgan fingerprint density at radius 1 is 0.500 bits per heavy atom.